The Morgan fingerprint density at radius 2 is 1.77 bits per heavy atom. The molecule has 2 saturated heterocycles. The maximum absolute atomic E-state index is 13.7. The van der Waals surface area contributed by atoms with Gasteiger partial charge in [-0.1, -0.05) is 6.07 Å². The molecule has 170 valence electrons. The summed E-state index contributed by atoms with van der Waals surface area (Å²) in [6.07, 6.45) is -1.91. The van der Waals surface area contributed by atoms with Crippen molar-refractivity contribution >= 4 is 17.8 Å². The van der Waals surface area contributed by atoms with Gasteiger partial charge in [0.1, 0.15) is 0 Å². The number of rotatable bonds is 3. The summed E-state index contributed by atoms with van der Waals surface area (Å²) in [5, 5.41) is 0. The number of amides is 2. The minimum absolute atomic E-state index is 0.0399. The molecule has 4 N–H and O–H groups in total. The Bertz CT molecular complexity index is 859. The fourth-order valence-corrected chi connectivity index (χ4v) is 4.51. The van der Waals surface area contributed by atoms with E-state index in [0.29, 0.717) is 25.9 Å². The van der Waals surface area contributed by atoms with Gasteiger partial charge in [-0.05, 0) is 62.9 Å². The highest BCUT2D eigenvalue weighted by atomic mass is 19.4. The molecular weight excluding hydrogens is 411 g/mol. The summed E-state index contributed by atoms with van der Waals surface area (Å²) < 4.78 is 41.2. The molecule has 0 spiro atoms. The standard InChI is InChI=1S/C21H28F3N5O2/c1-28-8-2-3-15(12-28)19(31)29-9-6-13(7-10-29)16-5-4-14(18(30)27-20(25)26)11-17(16)21(22,23)24/h4-5,11,13,15H,2-3,6-10,12H2,1H3,(H4,25,26,27,30). The Morgan fingerprint density at radius 1 is 1.10 bits per heavy atom. The van der Waals surface area contributed by atoms with Gasteiger partial charge in [0, 0.05) is 25.2 Å². The topological polar surface area (TPSA) is 105 Å². The van der Waals surface area contributed by atoms with Gasteiger partial charge in [-0.3, -0.25) is 9.59 Å². The number of alkyl halides is 3. The van der Waals surface area contributed by atoms with Crippen LogP contribution in [0.15, 0.2) is 23.2 Å². The number of carbonyl (C=O) groups excluding carboxylic acids is 2. The van der Waals surface area contributed by atoms with Crippen LogP contribution in [0.2, 0.25) is 0 Å². The van der Waals surface area contributed by atoms with E-state index in [1.54, 1.807) is 4.90 Å². The van der Waals surface area contributed by atoms with Gasteiger partial charge in [0.2, 0.25) is 5.91 Å². The molecule has 0 bridgehead atoms. The predicted octanol–water partition coefficient (Wildman–Crippen LogP) is 2.17. The summed E-state index contributed by atoms with van der Waals surface area (Å²) in [5.74, 6) is -1.72. The molecule has 0 aliphatic carbocycles. The number of hydrogen-bond donors (Lipinski definition) is 2. The van der Waals surface area contributed by atoms with Crippen LogP contribution in [0.4, 0.5) is 13.2 Å². The number of piperidine rings is 2. The summed E-state index contributed by atoms with van der Waals surface area (Å²) in [4.78, 5) is 32.0. The van der Waals surface area contributed by atoms with Crippen molar-refractivity contribution in [3.8, 4) is 0 Å². The summed E-state index contributed by atoms with van der Waals surface area (Å²) in [6.45, 7) is 2.56. The minimum atomic E-state index is -4.62. The second-order valence-electron chi connectivity index (χ2n) is 8.34. The van der Waals surface area contributed by atoms with Crippen molar-refractivity contribution in [3.05, 3.63) is 34.9 Å². The highest BCUT2D eigenvalue weighted by Gasteiger charge is 2.38. The van der Waals surface area contributed by atoms with Crippen LogP contribution in [0.25, 0.3) is 0 Å². The van der Waals surface area contributed by atoms with Crippen molar-refractivity contribution in [2.24, 2.45) is 22.4 Å². The zero-order chi connectivity index (χ0) is 22.8. The lowest BCUT2D eigenvalue weighted by Gasteiger charge is -2.37. The normalized spacial score (nSPS) is 21.0. The fourth-order valence-electron chi connectivity index (χ4n) is 4.51. The molecule has 2 aliphatic heterocycles. The van der Waals surface area contributed by atoms with Crippen LogP contribution in [0.3, 0.4) is 0 Å². The van der Waals surface area contributed by atoms with Gasteiger partial charge in [0.05, 0.1) is 11.5 Å². The molecular formula is C21H28F3N5O2. The number of benzene rings is 1. The van der Waals surface area contributed by atoms with E-state index in [9.17, 15) is 22.8 Å². The lowest BCUT2D eigenvalue weighted by molar-refractivity contribution is -0.140. The number of nitrogens with zero attached hydrogens (tertiary/aromatic N) is 3. The Labute approximate surface area is 179 Å². The summed E-state index contributed by atoms with van der Waals surface area (Å²) in [5.41, 5.74) is 9.36. The molecule has 2 aliphatic rings. The lowest BCUT2D eigenvalue weighted by Crippen LogP contribution is -2.46. The maximum atomic E-state index is 13.7. The maximum Gasteiger partial charge on any atom is 0.416 e. The second-order valence-corrected chi connectivity index (χ2v) is 8.34. The highest BCUT2D eigenvalue weighted by molar-refractivity contribution is 6.02. The first-order valence-corrected chi connectivity index (χ1v) is 10.4. The Morgan fingerprint density at radius 3 is 2.35 bits per heavy atom. The minimum Gasteiger partial charge on any atom is -0.370 e. The van der Waals surface area contributed by atoms with Crippen molar-refractivity contribution < 1.29 is 22.8 Å². The van der Waals surface area contributed by atoms with Crippen molar-refractivity contribution in [1.82, 2.24) is 9.80 Å². The molecule has 0 saturated carbocycles. The Kier molecular flexibility index (Phi) is 6.88. The van der Waals surface area contributed by atoms with Crippen LogP contribution >= 0.6 is 0 Å². The quantitative estimate of drug-likeness (QED) is 0.555. The molecule has 1 atom stereocenters. The van der Waals surface area contributed by atoms with E-state index in [1.165, 1.54) is 12.1 Å². The lowest BCUT2D eigenvalue weighted by atomic mass is 9.85. The number of hydrogen-bond acceptors (Lipinski definition) is 3. The average Bonchev–Trinajstić information content (AvgIpc) is 2.72. The van der Waals surface area contributed by atoms with Crippen molar-refractivity contribution in [2.75, 3.05) is 33.2 Å². The number of halogens is 3. The first-order chi connectivity index (χ1) is 14.6. The molecule has 7 nitrogen and oxygen atoms in total. The van der Waals surface area contributed by atoms with Crippen LogP contribution in [0.1, 0.15) is 53.1 Å². The van der Waals surface area contributed by atoms with Crippen molar-refractivity contribution in [2.45, 2.75) is 37.8 Å². The van der Waals surface area contributed by atoms with Gasteiger partial charge >= 0.3 is 6.18 Å². The van der Waals surface area contributed by atoms with Gasteiger partial charge in [0.15, 0.2) is 5.96 Å². The molecule has 0 radical (unpaired) electrons. The fraction of sp³-hybridized carbons (Fsp3) is 0.571. The monoisotopic (exact) mass is 439 g/mol. The number of aliphatic imine (C=N–C) groups is 1. The third-order valence-electron chi connectivity index (χ3n) is 6.06. The SMILES string of the molecule is CN1CCCC(C(=O)N2CCC(c3ccc(C(=O)N=C(N)N)cc3C(F)(F)F)CC2)C1. The third-order valence-corrected chi connectivity index (χ3v) is 6.06. The van der Waals surface area contributed by atoms with Gasteiger partial charge < -0.3 is 21.3 Å². The molecule has 1 unspecified atom stereocenters. The Balaban J connectivity index is 1.74. The highest BCUT2D eigenvalue weighted by Crippen LogP contribution is 2.39. The van der Waals surface area contributed by atoms with Crippen LogP contribution in [-0.4, -0.2) is 60.8 Å². The largest absolute Gasteiger partial charge is 0.416 e. The molecule has 10 heteroatoms. The third kappa shape index (κ3) is 5.55. The second kappa shape index (κ2) is 9.25. The van der Waals surface area contributed by atoms with Crippen molar-refractivity contribution in [3.63, 3.8) is 0 Å². The number of nitrogens with two attached hydrogens (primary N) is 2. The molecule has 1 aromatic carbocycles. The smallest absolute Gasteiger partial charge is 0.370 e. The summed E-state index contributed by atoms with van der Waals surface area (Å²) in [7, 11) is 1.99. The molecule has 2 fully saturated rings. The van der Waals surface area contributed by atoms with Gasteiger partial charge in [-0.2, -0.15) is 18.2 Å². The van der Waals surface area contributed by atoms with Crippen LogP contribution in [0, 0.1) is 5.92 Å². The predicted molar refractivity (Wildman–Crippen MR) is 110 cm³/mol. The molecule has 0 aromatic heterocycles. The van der Waals surface area contributed by atoms with E-state index in [4.69, 9.17) is 11.5 Å². The van der Waals surface area contributed by atoms with Crippen molar-refractivity contribution in [1.29, 1.82) is 0 Å². The molecule has 3 rings (SSSR count). The van der Waals surface area contributed by atoms with Crippen LogP contribution in [-0.2, 0) is 11.0 Å². The average molecular weight is 439 g/mol. The number of carbonyl (C=O) groups is 2. The van der Waals surface area contributed by atoms with E-state index in [2.05, 4.69) is 9.89 Å². The molecule has 31 heavy (non-hydrogen) atoms. The van der Waals surface area contributed by atoms with E-state index in [-0.39, 0.29) is 28.9 Å². The van der Waals surface area contributed by atoms with Gasteiger partial charge in [0.25, 0.3) is 5.91 Å². The first kappa shape index (κ1) is 23.1. The Hall–Kier alpha value is -2.62. The summed E-state index contributed by atoms with van der Waals surface area (Å²) in [6, 6.07) is 3.45. The number of likely N-dealkylation sites (tertiary alicyclic amines) is 2. The summed E-state index contributed by atoms with van der Waals surface area (Å²) >= 11 is 0. The van der Waals surface area contributed by atoms with Gasteiger partial charge in [-0.25, -0.2) is 0 Å². The number of guanidine groups is 1. The first-order valence-electron chi connectivity index (χ1n) is 10.4. The van der Waals surface area contributed by atoms with Gasteiger partial charge in [-0.15, -0.1) is 0 Å². The van der Waals surface area contributed by atoms with E-state index in [1.807, 2.05) is 7.05 Å². The zero-order valence-electron chi connectivity index (χ0n) is 17.5. The molecule has 1 aromatic rings. The van der Waals surface area contributed by atoms with Crippen LogP contribution < -0.4 is 11.5 Å². The van der Waals surface area contributed by atoms with E-state index >= 15 is 0 Å². The van der Waals surface area contributed by atoms with E-state index in [0.717, 1.165) is 32.0 Å². The zero-order valence-corrected chi connectivity index (χ0v) is 17.5. The molecule has 2 amide bonds. The van der Waals surface area contributed by atoms with Crippen LogP contribution in [0.5, 0.6) is 0 Å². The molecule has 2 heterocycles. The van der Waals surface area contributed by atoms with E-state index < -0.39 is 23.6 Å².